The van der Waals surface area contributed by atoms with Crippen molar-refractivity contribution in [3.8, 4) is 0 Å². The van der Waals surface area contributed by atoms with Gasteiger partial charge in [0.2, 0.25) is 10.0 Å². The predicted molar refractivity (Wildman–Crippen MR) is 86.2 cm³/mol. The average molecular weight is 335 g/mol. The van der Waals surface area contributed by atoms with Crippen LogP contribution in [-0.4, -0.2) is 44.9 Å². The van der Waals surface area contributed by atoms with Crippen LogP contribution in [0.3, 0.4) is 0 Å². The number of ether oxygens (including phenoxy) is 1. The van der Waals surface area contributed by atoms with Crippen molar-refractivity contribution in [3.05, 3.63) is 48.2 Å². The van der Waals surface area contributed by atoms with E-state index in [4.69, 9.17) is 0 Å². The Balaban J connectivity index is 2.14. The summed E-state index contributed by atoms with van der Waals surface area (Å²) in [5.74, 6) is 0.0847. The van der Waals surface area contributed by atoms with Crippen LogP contribution >= 0.6 is 0 Å². The van der Waals surface area contributed by atoms with Gasteiger partial charge in [-0.25, -0.2) is 22.5 Å². The van der Waals surface area contributed by atoms with E-state index in [2.05, 4.69) is 15.0 Å². The molecular formula is C15H17N3O4S. The number of carbonyl (C=O) groups is 1. The molecule has 0 radical (unpaired) electrons. The molecule has 0 spiro atoms. The lowest BCUT2D eigenvalue weighted by atomic mass is 10.2. The highest BCUT2D eigenvalue weighted by atomic mass is 32.2. The monoisotopic (exact) mass is 335 g/mol. The smallest absolute Gasteiger partial charge is 0.337 e. The molecule has 7 nitrogen and oxygen atoms in total. The fraction of sp³-hybridized carbons (Fsp3) is 0.200. The van der Waals surface area contributed by atoms with E-state index in [-0.39, 0.29) is 4.90 Å². The maximum absolute atomic E-state index is 12.0. The van der Waals surface area contributed by atoms with E-state index in [1.165, 1.54) is 33.5 Å². The van der Waals surface area contributed by atoms with Crippen LogP contribution in [0, 0.1) is 0 Å². The largest absolute Gasteiger partial charge is 0.465 e. The quantitative estimate of drug-likeness (QED) is 0.839. The molecular weight excluding hydrogens is 318 g/mol. The molecule has 0 aliphatic heterocycles. The zero-order valence-corrected chi connectivity index (χ0v) is 13.8. The molecule has 0 saturated carbocycles. The molecule has 2 rings (SSSR count). The minimum Gasteiger partial charge on any atom is -0.465 e. The number of benzene rings is 1. The second-order valence-electron chi connectivity index (χ2n) is 4.86. The zero-order chi connectivity index (χ0) is 17.0. The Morgan fingerprint density at radius 2 is 1.78 bits per heavy atom. The van der Waals surface area contributed by atoms with Crippen molar-refractivity contribution in [2.45, 2.75) is 4.90 Å². The molecule has 1 aromatic carbocycles. The number of hydrogen-bond donors (Lipinski definition) is 1. The maximum Gasteiger partial charge on any atom is 0.337 e. The van der Waals surface area contributed by atoms with Crippen LogP contribution in [0.2, 0.25) is 0 Å². The number of esters is 1. The number of anilines is 2. The van der Waals surface area contributed by atoms with E-state index in [0.717, 1.165) is 4.31 Å². The molecule has 1 heterocycles. The van der Waals surface area contributed by atoms with Crippen molar-refractivity contribution in [2.75, 3.05) is 26.5 Å². The summed E-state index contributed by atoms with van der Waals surface area (Å²) >= 11 is 0. The Hall–Kier alpha value is -2.45. The minimum atomic E-state index is -3.49. The van der Waals surface area contributed by atoms with Gasteiger partial charge in [0, 0.05) is 26.0 Å². The van der Waals surface area contributed by atoms with Crippen molar-refractivity contribution in [2.24, 2.45) is 0 Å². The first-order valence-electron chi connectivity index (χ1n) is 6.68. The SMILES string of the molecule is COC(=O)c1ccc(Nc2ccc(S(=O)(=O)N(C)C)cn2)cc1. The van der Waals surface area contributed by atoms with Gasteiger partial charge in [0.05, 0.1) is 12.7 Å². The molecule has 0 unspecified atom stereocenters. The van der Waals surface area contributed by atoms with Gasteiger partial charge in [-0.15, -0.1) is 0 Å². The van der Waals surface area contributed by atoms with Gasteiger partial charge in [-0.2, -0.15) is 0 Å². The molecule has 0 saturated heterocycles. The molecule has 23 heavy (non-hydrogen) atoms. The van der Waals surface area contributed by atoms with Crippen LogP contribution < -0.4 is 5.32 Å². The Kier molecular flexibility index (Phi) is 4.97. The van der Waals surface area contributed by atoms with Gasteiger partial charge in [0.25, 0.3) is 0 Å². The Morgan fingerprint density at radius 1 is 1.13 bits per heavy atom. The number of nitrogens with one attached hydrogen (secondary N) is 1. The molecule has 0 aliphatic rings. The average Bonchev–Trinajstić information content (AvgIpc) is 2.55. The molecule has 8 heteroatoms. The highest BCUT2D eigenvalue weighted by Crippen LogP contribution is 2.18. The number of hydrogen-bond acceptors (Lipinski definition) is 6. The fourth-order valence-corrected chi connectivity index (χ4v) is 2.62. The van der Waals surface area contributed by atoms with E-state index < -0.39 is 16.0 Å². The van der Waals surface area contributed by atoms with Gasteiger partial charge >= 0.3 is 5.97 Å². The van der Waals surface area contributed by atoms with Crippen LogP contribution in [0.15, 0.2) is 47.5 Å². The van der Waals surface area contributed by atoms with Crippen molar-refractivity contribution in [1.29, 1.82) is 0 Å². The third kappa shape index (κ3) is 3.85. The van der Waals surface area contributed by atoms with E-state index in [0.29, 0.717) is 17.1 Å². The second kappa shape index (κ2) is 6.76. The molecule has 1 aromatic heterocycles. The molecule has 2 aromatic rings. The lowest BCUT2D eigenvalue weighted by Crippen LogP contribution is -2.22. The molecule has 0 aliphatic carbocycles. The standard InChI is InChI=1S/C15H17N3O4S/c1-18(2)23(20,21)13-8-9-14(16-10-13)17-12-6-4-11(5-7-12)15(19)22-3/h4-10H,1-3H3,(H,16,17). The zero-order valence-electron chi connectivity index (χ0n) is 13.0. The summed E-state index contributed by atoms with van der Waals surface area (Å²) in [5.41, 5.74) is 1.16. The summed E-state index contributed by atoms with van der Waals surface area (Å²) in [6.45, 7) is 0. The van der Waals surface area contributed by atoms with Crippen LogP contribution in [0.5, 0.6) is 0 Å². The molecule has 0 fully saturated rings. The minimum absolute atomic E-state index is 0.120. The van der Waals surface area contributed by atoms with Gasteiger partial charge in [-0.1, -0.05) is 0 Å². The van der Waals surface area contributed by atoms with Crippen molar-refractivity contribution in [1.82, 2.24) is 9.29 Å². The fourth-order valence-electron chi connectivity index (χ4n) is 1.77. The number of methoxy groups -OCH3 is 1. The highest BCUT2D eigenvalue weighted by molar-refractivity contribution is 7.89. The van der Waals surface area contributed by atoms with Gasteiger partial charge < -0.3 is 10.1 Å². The maximum atomic E-state index is 12.0. The predicted octanol–water partition coefficient (Wildman–Crippen LogP) is 1.86. The van der Waals surface area contributed by atoms with Crippen LogP contribution in [0.4, 0.5) is 11.5 Å². The molecule has 0 atom stereocenters. The topological polar surface area (TPSA) is 88.6 Å². The Morgan fingerprint density at radius 3 is 2.26 bits per heavy atom. The summed E-state index contributed by atoms with van der Waals surface area (Å²) in [4.78, 5) is 15.6. The molecule has 0 bridgehead atoms. The third-order valence-corrected chi connectivity index (χ3v) is 4.89. The van der Waals surface area contributed by atoms with Gasteiger partial charge in [0.1, 0.15) is 10.7 Å². The number of rotatable bonds is 5. The second-order valence-corrected chi connectivity index (χ2v) is 7.01. The number of nitrogens with zero attached hydrogens (tertiary/aromatic N) is 2. The molecule has 122 valence electrons. The number of carbonyl (C=O) groups excluding carboxylic acids is 1. The summed E-state index contributed by atoms with van der Waals surface area (Å²) < 4.78 is 29.7. The van der Waals surface area contributed by atoms with E-state index in [9.17, 15) is 13.2 Å². The summed E-state index contributed by atoms with van der Waals surface area (Å²) in [6, 6.07) is 9.72. The van der Waals surface area contributed by atoms with Crippen molar-refractivity contribution < 1.29 is 17.9 Å². The first-order valence-corrected chi connectivity index (χ1v) is 8.12. The van der Waals surface area contributed by atoms with Crippen LogP contribution in [0.1, 0.15) is 10.4 Å². The number of aromatic nitrogens is 1. The van der Waals surface area contributed by atoms with Gasteiger partial charge in [0.15, 0.2) is 0 Å². The summed E-state index contributed by atoms with van der Waals surface area (Å²) in [5, 5.41) is 3.02. The molecule has 1 N–H and O–H groups in total. The molecule has 0 amide bonds. The number of sulfonamides is 1. The lowest BCUT2D eigenvalue weighted by molar-refractivity contribution is 0.0601. The lowest BCUT2D eigenvalue weighted by Gasteiger charge is -2.11. The first kappa shape index (κ1) is 16.9. The van der Waals surface area contributed by atoms with E-state index in [1.807, 2.05) is 0 Å². The van der Waals surface area contributed by atoms with Crippen LogP contribution in [-0.2, 0) is 14.8 Å². The van der Waals surface area contributed by atoms with Crippen molar-refractivity contribution >= 4 is 27.5 Å². The van der Waals surface area contributed by atoms with Crippen molar-refractivity contribution in [3.63, 3.8) is 0 Å². The van der Waals surface area contributed by atoms with E-state index in [1.54, 1.807) is 30.3 Å². The summed E-state index contributed by atoms with van der Waals surface area (Å²) in [6.07, 6.45) is 1.29. The highest BCUT2D eigenvalue weighted by Gasteiger charge is 2.17. The number of pyridine rings is 1. The first-order chi connectivity index (χ1) is 10.8. The Labute approximate surface area is 135 Å². The van der Waals surface area contributed by atoms with Gasteiger partial charge in [-0.3, -0.25) is 0 Å². The van der Waals surface area contributed by atoms with Gasteiger partial charge in [-0.05, 0) is 36.4 Å². The van der Waals surface area contributed by atoms with E-state index >= 15 is 0 Å². The summed E-state index contributed by atoms with van der Waals surface area (Å²) in [7, 11) is 0.754. The van der Waals surface area contributed by atoms with Crippen LogP contribution in [0.25, 0.3) is 0 Å². The third-order valence-electron chi connectivity index (χ3n) is 3.09. The Bertz CT molecular complexity index is 784. The normalized spacial score (nSPS) is 11.3.